The number of benzene rings is 1. The van der Waals surface area contributed by atoms with Crippen LogP contribution in [0, 0.1) is 23.2 Å². The summed E-state index contributed by atoms with van der Waals surface area (Å²) in [6.45, 7) is 14.7. The van der Waals surface area contributed by atoms with Crippen LogP contribution in [0.2, 0.25) is 0 Å². The van der Waals surface area contributed by atoms with Crippen LogP contribution >= 0.6 is 0 Å². The molecular formula is C47H74N8O12. The molecule has 1 aliphatic rings. The molecule has 1 heterocycles. The van der Waals surface area contributed by atoms with Gasteiger partial charge in [0.1, 0.15) is 35.3 Å². The Morgan fingerprint density at radius 2 is 1.28 bits per heavy atom. The molecular weight excluding hydrogens is 869 g/mol. The van der Waals surface area contributed by atoms with Gasteiger partial charge in [0.15, 0.2) is 11.9 Å². The number of likely N-dealkylation sites (N-methyl/N-ethyl adjacent to an activating group) is 3. The summed E-state index contributed by atoms with van der Waals surface area (Å²) in [6.07, 6.45) is -1.06. The fraction of sp³-hybridized carbons (Fsp3) is 0.660. The monoisotopic (exact) mass is 943 g/mol. The van der Waals surface area contributed by atoms with E-state index in [0.29, 0.717) is 17.7 Å². The van der Waals surface area contributed by atoms with Gasteiger partial charge in [-0.25, -0.2) is 0 Å². The van der Waals surface area contributed by atoms with E-state index in [-0.39, 0.29) is 31.7 Å². The molecule has 0 radical (unpaired) electrons. The first-order valence-electron chi connectivity index (χ1n) is 22.8. The highest BCUT2D eigenvalue weighted by Crippen LogP contribution is 2.22. The average Bonchev–Trinajstić information content (AvgIpc) is 3.28. The van der Waals surface area contributed by atoms with Crippen molar-refractivity contribution in [1.29, 1.82) is 0 Å². The van der Waals surface area contributed by atoms with Crippen molar-refractivity contribution in [3.05, 3.63) is 29.8 Å². The van der Waals surface area contributed by atoms with Crippen LogP contribution in [0.3, 0.4) is 0 Å². The van der Waals surface area contributed by atoms with Crippen LogP contribution in [0.15, 0.2) is 24.3 Å². The van der Waals surface area contributed by atoms with Gasteiger partial charge in [0.2, 0.25) is 41.4 Å². The maximum atomic E-state index is 14.5. The number of methoxy groups -OCH3 is 1. The Morgan fingerprint density at radius 1 is 0.716 bits per heavy atom. The molecule has 20 heteroatoms. The van der Waals surface area contributed by atoms with E-state index in [9.17, 15) is 47.9 Å². The van der Waals surface area contributed by atoms with Gasteiger partial charge < -0.3 is 50.8 Å². The predicted octanol–water partition coefficient (Wildman–Crippen LogP) is 0.736. The van der Waals surface area contributed by atoms with Gasteiger partial charge in [-0.1, -0.05) is 53.7 Å². The lowest BCUT2D eigenvalue weighted by Gasteiger charge is -2.37. The summed E-state index contributed by atoms with van der Waals surface area (Å²) in [5, 5.41) is 12.8. The van der Waals surface area contributed by atoms with Crippen LogP contribution in [0.4, 0.5) is 0 Å². The molecule has 0 aromatic heterocycles. The first-order valence-corrected chi connectivity index (χ1v) is 22.8. The third-order valence-corrected chi connectivity index (χ3v) is 12.1. The van der Waals surface area contributed by atoms with Gasteiger partial charge in [-0.3, -0.25) is 47.9 Å². The molecule has 7 atom stereocenters. The summed E-state index contributed by atoms with van der Waals surface area (Å²) < 4.78 is 10.8. The molecule has 0 saturated carbocycles. The number of carbonyl (C=O) groups excluding carboxylic acids is 10. The normalized spacial score (nSPS) is 25.2. The molecule has 0 bridgehead atoms. The zero-order valence-electron chi connectivity index (χ0n) is 41.7. The topological polar surface area (TPSA) is 259 Å². The standard InChI is InChI=1S/C47H74N8O12/c1-15-28(6)39-44(63)50-24-35(56)53(11)33(22-26(2)3)42(61)49-25-36(57)55(13)38(27(4)5)45(64)54(12)34(23-31-16-18-32(66-14)19-17-31)43(62)51-29(7)40(59)47(9,10)46(65)52-30(8)41(60)48-21-20-37(58)67-39/h16-19,26-30,33-34,38-39H,15,20-25H2,1-14H3,(H,48,60)(H,49,61)(H,50,63)(H,51,62)(H,52,65)/t28-,29-,30+,33-,34-,38-,39-/m0/s1. The average molecular weight is 943 g/mol. The number of hydrogen-bond donors (Lipinski definition) is 5. The van der Waals surface area contributed by atoms with Gasteiger partial charge in [-0.2, -0.15) is 0 Å². The van der Waals surface area contributed by atoms with E-state index in [0.717, 1.165) is 4.90 Å². The molecule has 1 saturated heterocycles. The second-order valence-electron chi connectivity index (χ2n) is 18.5. The summed E-state index contributed by atoms with van der Waals surface area (Å²) in [4.78, 5) is 140. The number of carbonyl (C=O) groups is 10. The van der Waals surface area contributed by atoms with Gasteiger partial charge >= 0.3 is 5.97 Å². The van der Waals surface area contributed by atoms with Crippen molar-refractivity contribution in [2.45, 2.75) is 131 Å². The van der Waals surface area contributed by atoms with E-state index in [1.165, 1.54) is 65.7 Å². The van der Waals surface area contributed by atoms with Crippen LogP contribution in [-0.2, 0) is 59.1 Å². The summed E-state index contributed by atoms with van der Waals surface area (Å²) in [5.74, 6) is -7.59. The Kier molecular flexibility index (Phi) is 21.9. The number of nitrogens with zero attached hydrogens (tertiary/aromatic N) is 3. The van der Waals surface area contributed by atoms with Crippen LogP contribution < -0.4 is 31.3 Å². The van der Waals surface area contributed by atoms with E-state index in [4.69, 9.17) is 9.47 Å². The van der Waals surface area contributed by atoms with E-state index in [1.54, 1.807) is 52.0 Å². The van der Waals surface area contributed by atoms with Crippen molar-refractivity contribution < 1.29 is 57.4 Å². The highest BCUT2D eigenvalue weighted by atomic mass is 16.5. The van der Waals surface area contributed by atoms with Gasteiger partial charge in [0, 0.05) is 40.0 Å². The van der Waals surface area contributed by atoms with Crippen molar-refractivity contribution in [3.8, 4) is 5.75 Å². The molecule has 67 heavy (non-hydrogen) atoms. The maximum Gasteiger partial charge on any atom is 0.308 e. The number of rotatable bonds is 8. The highest BCUT2D eigenvalue weighted by molar-refractivity contribution is 6.09. The van der Waals surface area contributed by atoms with Gasteiger partial charge in [-0.05, 0) is 70.1 Å². The van der Waals surface area contributed by atoms with Crippen molar-refractivity contribution in [1.82, 2.24) is 41.3 Å². The van der Waals surface area contributed by atoms with Gasteiger partial charge in [-0.15, -0.1) is 0 Å². The summed E-state index contributed by atoms with van der Waals surface area (Å²) in [6, 6.07) is 0.911. The maximum absolute atomic E-state index is 14.5. The lowest BCUT2D eigenvalue weighted by molar-refractivity contribution is -0.159. The van der Waals surface area contributed by atoms with Crippen LogP contribution in [0.5, 0.6) is 5.75 Å². The number of ketones is 1. The SMILES string of the molecule is CC[C@H](C)[C@@H]1OC(=O)CCNC(=O)[C@@H](C)NC(=O)C(C)(C)C(=O)[C@H](C)NC(=O)[C@H](Cc2ccc(OC)cc2)N(C)C(=O)[C@H](C(C)C)N(C)C(=O)CNC(=O)[C@H](CC(C)C)N(C)C(=O)CNC1=O. The summed E-state index contributed by atoms with van der Waals surface area (Å²) in [5.41, 5.74) is -1.15. The minimum atomic E-state index is -1.78. The van der Waals surface area contributed by atoms with E-state index >= 15 is 0 Å². The highest BCUT2D eigenvalue weighted by Gasteiger charge is 2.42. The lowest BCUT2D eigenvalue weighted by Crippen LogP contribution is -2.60. The lowest BCUT2D eigenvalue weighted by atomic mass is 9.83. The van der Waals surface area contributed by atoms with Crippen molar-refractivity contribution in [2.75, 3.05) is 47.9 Å². The molecule has 0 spiro atoms. The number of cyclic esters (lactones) is 1. The first-order chi connectivity index (χ1) is 31.2. The number of ether oxygens (including phenoxy) is 2. The van der Waals surface area contributed by atoms with Gasteiger partial charge in [0.05, 0.1) is 32.7 Å². The quantitative estimate of drug-likeness (QED) is 0.179. The van der Waals surface area contributed by atoms with Crippen molar-refractivity contribution in [3.63, 3.8) is 0 Å². The molecule has 1 aromatic carbocycles. The minimum absolute atomic E-state index is 0.0304. The Hall–Kier alpha value is -6.08. The zero-order valence-corrected chi connectivity index (χ0v) is 41.7. The predicted molar refractivity (Wildman–Crippen MR) is 248 cm³/mol. The number of amides is 8. The van der Waals surface area contributed by atoms with Crippen LogP contribution in [0.1, 0.15) is 94.1 Å². The number of hydrogen-bond acceptors (Lipinski definition) is 12. The molecule has 1 aliphatic heterocycles. The van der Waals surface area contributed by atoms with Crippen molar-refractivity contribution in [2.24, 2.45) is 23.2 Å². The molecule has 374 valence electrons. The fourth-order valence-corrected chi connectivity index (χ4v) is 7.41. The summed E-state index contributed by atoms with van der Waals surface area (Å²) >= 11 is 0. The Balaban J connectivity index is 2.60. The van der Waals surface area contributed by atoms with E-state index in [2.05, 4.69) is 26.6 Å². The van der Waals surface area contributed by atoms with Crippen molar-refractivity contribution >= 4 is 59.0 Å². The van der Waals surface area contributed by atoms with E-state index < -0.39 is 126 Å². The zero-order chi connectivity index (χ0) is 51.1. The third-order valence-electron chi connectivity index (χ3n) is 12.1. The molecule has 8 amide bonds. The smallest absolute Gasteiger partial charge is 0.308 e. The summed E-state index contributed by atoms with van der Waals surface area (Å²) in [7, 11) is 5.70. The molecule has 2 rings (SSSR count). The first kappa shape index (κ1) is 57.0. The second-order valence-corrected chi connectivity index (χ2v) is 18.5. The number of Topliss-reactive ketones (excluding diaryl/α,β-unsaturated/α-hetero) is 1. The minimum Gasteiger partial charge on any atom is -0.497 e. The third kappa shape index (κ3) is 16.0. The molecule has 5 N–H and O–H groups in total. The van der Waals surface area contributed by atoms with Gasteiger partial charge in [0.25, 0.3) is 5.91 Å². The number of esters is 1. The molecule has 0 aliphatic carbocycles. The van der Waals surface area contributed by atoms with Crippen LogP contribution in [0.25, 0.3) is 0 Å². The van der Waals surface area contributed by atoms with E-state index in [1.807, 2.05) is 13.8 Å². The molecule has 20 nitrogen and oxygen atoms in total. The Bertz CT molecular complexity index is 1950. The molecule has 1 aromatic rings. The molecule has 1 fully saturated rings. The Morgan fingerprint density at radius 3 is 1.82 bits per heavy atom. The fourth-order valence-electron chi connectivity index (χ4n) is 7.41. The number of nitrogens with one attached hydrogen (secondary N) is 5. The second kappa shape index (κ2) is 25.7. The largest absolute Gasteiger partial charge is 0.497 e. The molecule has 0 unspecified atom stereocenters. The Labute approximate surface area is 394 Å². The van der Waals surface area contributed by atoms with Crippen LogP contribution in [-0.4, -0.2) is 158 Å².